The van der Waals surface area contributed by atoms with Crippen molar-refractivity contribution >= 4 is 22.3 Å². The molecule has 1 aliphatic heterocycles. The molecule has 25 heavy (non-hydrogen) atoms. The lowest BCUT2D eigenvalue weighted by atomic mass is 10.1. The second kappa shape index (κ2) is 6.27. The van der Waals surface area contributed by atoms with Gasteiger partial charge in [0, 0.05) is 12.3 Å². The molecule has 0 aliphatic carbocycles. The summed E-state index contributed by atoms with van der Waals surface area (Å²) < 4.78 is 11.6. The van der Waals surface area contributed by atoms with Crippen molar-refractivity contribution in [2.24, 2.45) is 0 Å². The van der Waals surface area contributed by atoms with Gasteiger partial charge in [-0.2, -0.15) is 0 Å². The van der Waals surface area contributed by atoms with Crippen LogP contribution in [0.2, 0.25) is 0 Å². The Bertz CT molecular complexity index is 945. The molecule has 4 rings (SSSR count). The van der Waals surface area contributed by atoms with Crippen molar-refractivity contribution in [1.29, 1.82) is 0 Å². The fourth-order valence-electron chi connectivity index (χ4n) is 2.85. The van der Waals surface area contributed by atoms with Crippen LogP contribution in [0, 0.1) is 10.1 Å². The molecule has 7 heteroatoms. The first-order chi connectivity index (χ1) is 12.2. The van der Waals surface area contributed by atoms with Gasteiger partial charge in [0.25, 0.3) is 5.69 Å². The summed E-state index contributed by atoms with van der Waals surface area (Å²) >= 11 is 0. The molecule has 1 N–H and O–H groups in total. The number of nitrogens with one attached hydrogen (secondary N) is 1. The maximum Gasteiger partial charge on any atom is 0.278 e. The Morgan fingerprint density at radius 3 is 2.84 bits per heavy atom. The van der Waals surface area contributed by atoms with E-state index < -0.39 is 4.92 Å². The van der Waals surface area contributed by atoms with Gasteiger partial charge in [-0.15, -0.1) is 0 Å². The minimum absolute atomic E-state index is 0.0415. The van der Waals surface area contributed by atoms with Crippen LogP contribution in [0.4, 0.5) is 11.4 Å². The summed E-state index contributed by atoms with van der Waals surface area (Å²) in [6.07, 6.45) is 1.46. The molecular weight excluding hydrogens is 322 g/mol. The lowest BCUT2D eigenvalue weighted by Crippen LogP contribution is -2.35. The predicted octanol–water partition coefficient (Wildman–Crippen LogP) is 3.39. The molecule has 0 radical (unpaired) electrons. The number of benzene rings is 2. The Morgan fingerprint density at radius 2 is 2.00 bits per heavy atom. The molecule has 126 valence electrons. The normalized spacial score (nSPS) is 15.8. The van der Waals surface area contributed by atoms with Gasteiger partial charge in [-0.1, -0.05) is 12.1 Å². The monoisotopic (exact) mass is 337 g/mol. The second-order valence-corrected chi connectivity index (χ2v) is 5.67. The predicted molar refractivity (Wildman–Crippen MR) is 93.2 cm³/mol. The van der Waals surface area contributed by atoms with Crippen molar-refractivity contribution in [1.82, 2.24) is 4.98 Å². The molecule has 1 atom stereocenters. The van der Waals surface area contributed by atoms with Crippen LogP contribution in [0.25, 0.3) is 10.9 Å². The fraction of sp³-hybridized carbons (Fsp3) is 0.167. The first-order valence-corrected chi connectivity index (χ1v) is 7.87. The number of para-hydroxylation sites is 2. The maximum atomic E-state index is 11.2. The number of nitro groups is 1. The average Bonchev–Trinajstić information content (AvgIpc) is 2.65. The van der Waals surface area contributed by atoms with E-state index in [1.807, 2.05) is 24.3 Å². The number of aromatic nitrogens is 1. The van der Waals surface area contributed by atoms with E-state index in [4.69, 9.17) is 9.47 Å². The Balaban J connectivity index is 1.54. The van der Waals surface area contributed by atoms with E-state index >= 15 is 0 Å². The summed E-state index contributed by atoms with van der Waals surface area (Å²) in [6.45, 7) is 0.931. The van der Waals surface area contributed by atoms with Crippen LogP contribution in [0.1, 0.15) is 0 Å². The van der Waals surface area contributed by atoms with Crippen molar-refractivity contribution in [3.63, 3.8) is 0 Å². The van der Waals surface area contributed by atoms with Crippen LogP contribution in [0.3, 0.4) is 0 Å². The third-order valence-electron chi connectivity index (χ3n) is 4.03. The lowest BCUT2D eigenvalue weighted by molar-refractivity contribution is -0.383. The van der Waals surface area contributed by atoms with Gasteiger partial charge in [-0.05, 0) is 30.3 Å². The van der Waals surface area contributed by atoms with Gasteiger partial charge in [0.1, 0.15) is 18.2 Å². The molecule has 0 spiro atoms. The van der Waals surface area contributed by atoms with Crippen LogP contribution < -0.4 is 14.8 Å². The molecule has 3 aromatic rings. The number of hydrogen-bond donors (Lipinski definition) is 1. The molecular formula is C18H15N3O4. The molecule has 1 aliphatic rings. The first kappa shape index (κ1) is 15.2. The van der Waals surface area contributed by atoms with Gasteiger partial charge in [0.05, 0.1) is 22.5 Å². The maximum absolute atomic E-state index is 11.2. The molecule has 0 saturated heterocycles. The SMILES string of the molecule is O=[N+]([O-])c1ccc(NCC2COc3ccccc3O2)c2ncccc12. The zero-order valence-corrected chi connectivity index (χ0v) is 13.2. The van der Waals surface area contributed by atoms with Crippen molar-refractivity contribution in [2.45, 2.75) is 6.10 Å². The van der Waals surface area contributed by atoms with Crippen LogP contribution in [0.5, 0.6) is 11.5 Å². The van der Waals surface area contributed by atoms with Crippen molar-refractivity contribution in [3.05, 3.63) is 64.8 Å². The quantitative estimate of drug-likeness (QED) is 0.580. The molecule has 2 aromatic carbocycles. The molecule has 0 bridgehead atoms. The van der Waals surface area contributed by atoms with E-state index in [2.05, 4.69) is 10.3 Å². The van der Waals surface area contributed by atoms with E-state index in [0.29, 0.717) is 29.8 Å². The molecule has 1 unspecified atom stereocenters. The fourth-order valence-corrected chi connectivity index (χ4v) is 2.85. The Labute approximate surface area is 143 Å². The standard InChI is InChI=1S/C18H15N3O4/c22-21(23)15-8-7-14(18-13(15)4-3-9-19-18)20-10-12-11-24-16-5-1-2-6-17(16)25-12/h1-9,12,20H,10-11H2. The summed E-state index contributed by atoms with van der Waals surface area (Å²) in [7, 11) is 0. The van der Waals surface area contributed by atoms with Gasteiger partial charge >= 0.3 is 0 Å². The number of hydrogen-bond acceptors (Lipinski definition) is 6. The largest absolute Gasteiger partial charge is 0.486 e. The van der Waals surface area contributed by atoms with E-state index in [-0.39, 0.29) is 11.8 Å². The zero-order valence-electron chi connectivity index (χ0n) is 13.2. The first-order valence-electron chi connectivity index (χ1n) is 7.87. The molecule has 0 fully saturated rings. The Kier molecular flexibility index (Phi) is 3.81. The number of nitro benzene ring substituents is 1. The van der Waals surface area contributed by atoms with Gasteiger partial charge < -0.3 is 14.8 Å². The lowest BCUT2D eigenvalue weighted by Gasteiger charge is -2.26. The molecule has 0 saturated carbocycles. The summed E-state index contributed by atoms with van der Waals surface area (Å²) in [6, 6.07) is 14.1. The molecule has 0 amide bonds. The van der Waals surface area contributed by atoms with E-state index in [9.17, 15) is 10.1 Å². The van der Waals surface area contributed by atoms with Gasteiger partial charge in [0.2, 0.25) is 0 Å². The van der Waals surface area contributed by atoms with Gasteiger partial charge in [0.15, 0.2) is 11.5 Å². The highest BCUT2D eigenvalue weighted by Gasteiger charge is 2.21. The summed E-state index contributed by atoms with van der Waals surface area (Å²) in [5, 5.41) is 14.9. The van der Waals surface area contributed by atoms with Crippen molar-refractivity contribution < 1.29 is 14.4 Å². The number of pyridine rings is 1. The number of non-ortho nitro benzene ring substituents is 1. The van der Waals surface area contributed by atoms with E-state index in [0.717, 1.165) is 11.4 Å². The Hall–Kier alpha value is -3.35. The number of rotatable bonds is 4. The van der Waals surface area contributed by atoms with Gasteiger partial charge in [-0.25, -0.2) is 0 Å². The summed E-state index contributed by atoms with van der Waals surface area (Å²) in [4.78, 5) is 15.1. The van der Waals surface area contributed by atoms with Crippen LogP contribution in [-0.4, -0.2) is 29.2 Å². The van der Waals surface area contributed by atoms with Crippen molar-refractivity contribution in [3.8, 4) is 11.5 Å². The average molecular weight is 337 g/mol. The number of anilines is 1. The highest BCUT2D eigenvalue weighted by atomic mass is 16.6. The van der Waals surface area contributed by atoms with Gasteiger partial charge in [-0.3, -0.25) is 15.1 Å². The molecule has 1 aromatic heterocycles. The second-order valence-electron chi connectivity index (χ2n) is 5.67. The number of nitrogens with zero attached hydrogens (tertiary/aromatic N) is 2. The topological polar surface area (TPSA) is 86.5 Å². The van der Waals surface area contributed by atoms with Crippen LogP contribution in [0.15, 0.2) is 54.7 Å². The number of ether oxygens (including phenoxy) is 2. The van der Waals surface area contributed by atoms with Crippen LogP contribution >= 0.6 is 0 Å². The van der Waals surface area contributed by atoms with E-state index in [1.54, 1.807) is 24.4 Å². The van der Waals surface area contributed by atoms with Crippen LogP contribution in [-0.2, 0) is 0 Å². The molecule has 2 heterocycles. The Morgan fingerprint density at radius 1 is 1.16 bits per heavy atom. The third-order valence-corrected chi connectivity index (χ3v) is 4.03. The minimum Gasteiger partial charge on any atom is -0.486 e. The highest BCUT2D eigenvalue weighted by molar-refractivity contribution is 5.96. The molecule has 7 nitrogen and oxygen atoms in total. The zero-order chi connectivity index (χ0) is 17.2. The van der Waals surface area contributed by atoms with Crippen molar-refractivity contribution in [2.75, 3.05) is 18.5 Å². The highest BCUT2D eigenvalue weighted by Crippen LogP contribution is 2.32. The summed E-state index contributed by atoms with van der Waals surface area (Å²) in [5.74, 6) is 1.45. The minimum atomic E-state index is -0.400. The third kappa shape index (κ3) is 2.91. The smallest absolute Gasteiger partial charge is 0.278 e. The summed E-state index contributed by atoms with van der Waals surface area (Å²) in [5.41, 5.74) is 1.33. The number of fused-ring (bicyclic) bond motifs is 2. The van der Waals surface area contributed by atoms with E-state index in [1.165, 1.54) is 6.07 Å².